The highest BCUT2D eigenvalue weighted by Crippen LogP contribution is 2.24. The van der Waals surface area contributed by atoms with E-state index in [1.165, 1.54) is 11.8 Å². The van der Waals surface area contributed by atoms with Crippen LogP contribution in [0.2, 0.25) is 0 Å². The van der Waals surface area contributed by atoms with E-state index in [1.54, 1.807) is 12.4 Å². The first-order valence-corrected chi connectivity index (χ1v) is 7.35. The maximum absolute atomic E-state index is 12.3. The van der Waals surface area contributed by atoms with Gasteiger partial charge in [0.2, 0.25) is 5.91 Å². The van der Waals surface area contributed by atoms with Gasteiger partial charge in [0.25, 0.3) is 0 Å². The molecule has 2 rings (SSSR count). The number of nitrogens with zero attached hydrogens (tertiary/aromatic N) is 3. The number of carbonyl (C=O) groups excluding carboxylic acids is 1. The molecule has 5 nitrogen and oxygen atoms in total. The molecule has 0 radical (unpaired) electrons. The number of aryl methyl sites for hydroxylation is 2. The Morgan fingerprint density at radius 2 is 2.25 bits per heavy atom. The topological polar surface area (TPSA) is 59.8 Å². The second-order valence-corrected chi connectivity index (χ2v) is 5.71. The lowest BCUT2D eigenvalue weighted by Gasteiger charge is -2.14. The second kappa shape index (κ2) is 6.56. The van der Waals surface area contributed by atoms with Crippen LogP contribution in [-0.2, 0) is 11.8 Å². The van der Waals surface area contributed by atoms with Gasteiger partial charge in [0.05, 0.1) is 5.25 Å². The van der Waals surface area contributed by atoms with Gasteiger partial charge in [-0.3, -0.25) is 4.79 Å². The third kappa shape index (κ3) is 3.60. The molecule has 1 N–H and O–H groups in total. The van der Waals surface area contributed by atoms with Gasteiger partial charge in [-0.25, -0.2) is 9.97 Å². The van der Waals surface area contributed by atoms with Crippen LogP contribution in [0.3, 0.4) is 0 Å². The van der Waals surface area contributed by atoms with Crippen LogP contribution >= 0.6 is 11.8 Å². The molecular weight excluding hydrogens is 272 g/mol. The van der Waals surface area contributed by atoms with E-state index in [0.29, 0.717) is 5.82 Å². The van der Waals surface area contributed by atoms with Crippen molar-refractivity contribution in [3.63, 3.8) is 0 Å². The Labute approximate surface area is 122 Å². The average molecular weight is 290 g/mol. The van der Waals surface area contributed by atoms with E-state index in [1.807, 2.05) is 43.8 Å². The number of thioether (sulfide) groups is 1. The van der Waals surface area contributed by atoms with Crippen molar-refractivity contribution >= 4 is 23.5 Å². The van der Waals surface area contributed by atoms with Crippen LogP contribution in [0.25, 0.3) is 0 Å². The number of rotatable bonds is 5. The van der Waals surface area contributed by atoms with E-state index in [4.69, 9.17) is 0 Å². The highest BCUT2D eigenvalue weighted by Gasteiger charge is 2.20. The molecule has 0 aromatic carbocycles. The van der Waals surface area contributed by atoms with Gasteiger partial charge in [-0.1, -0.05) is 18.7 Å². The summed E-state index contributed by atoms with van der Waals surface area (Å²) in [6, 6.07) is 3.76. The van der Waals surface area contributed by atoms with Crippen molar-refractivity contribution in [2.24, 2.45) is 7.05 Å². The predicted octanol–water partition coefficient (Wildman–Crippen LogP) is 2.63. The van der Waals surface area contributed by atoms with Crippen LogP contribution in [0.15, 0.2) is 35.9 Å². The van der Waals surface area contributed by atoms with Crippen molar-refractivity contribution in [2.45, 2.75) is 30.7 Å². The Kier molecular flexibility index (Phi) is 4.79. The lowest BCUT2D eigenvalue weighted by atomic mass is 10.3. The molecule has 0 aliphatic rings. The largest absolute Gasteiger partial charge is 0.329 e. The Balaban J connectivity index is 2.04. The first-order chi connectivity index (χ1) is 9.60. The average Bonchev–Trinajstić information content (AvgIpc) is 2.81. The lowest BCUT2D eigenvalue weighted by Crippen LogP contribution is -2.25. The van der Waals surface area contributed by atoms with E-state index in [9.17, 15) is 4.79 Å². The molecule has 1 unspecified atom stereocenters. The minimum Gasteiger partial charge on any atom is -0.329 e. The van der Waals surface area contributed by atoms with Crippen LogP contribution in [0.5, 0.6) is 0 Å². The number of amides is 1. The van der Waals surface area contributed by atoms with E-state index >= 15 is 0 Å². The van der Waals surface area contributed by atoms with Crippen LogP contribution in [0, 0.1) is 6.92 Å². The first kappa shape index (κ1) is 14.6. The molecule has 0 spiro atoms. The number of anilines is 1. The Hall–Kier alpha value is -1.82. The summed E-state index contributed by atoms with van der Waals surface area (Å²) in [6.07, 6.45) is 6.02. The summed E-state index contributed by atoms with van der Waals surface area (Å²) in [5, 5.41) is 3.51. The van der Waals surface area contributed by atoms with E-state index < -0.39 is 0 Å². The third-order valence-electron chi connectivity index (χ3n) is 2.85. The van der Waals surface area contributed by atoms with Crippen molar-refractivity contribution in [3.05, 3.63) is 36.3 Å². The van der Waals surface area contributed by atoms with Gasteiger partial charge in [-0.05, 0) is 31.0 Å². The standard InChI is InChI=1S/C14H18N4OS/c1-4-11(20-14-16-7-8-18(14)3)13(19)17-12-9-10(2)5-6-15-12/h5-9,11H,4H2,1-3H3,(H,15,17,19). The Bertz CT molecular complexity index is 596. The summed E-state index contributed by atoms with van der Waals surface area (Å²) in [7, 11) is 1.92. The molecule has 20 heavy (non-hydrogen) atoms. The highest BCUT2D eigenvalue weighted by molar-refractivity contribution is 8.00. The van der Waals surface area contributed by atoms with Crippen LogP contribution in [0.1, 0.15) is 18.9 Å². The number of carbonyl (C=O) groups is 1. The second-order valence-electron chi connectivity index (χ2n) is 4.54. The maximum Gasteiger partial charge on any atom is 0.239 e. The fraction of sp³-hybridized carbons (Fsp3) is 0.357. The fourth-order valence-corrected chi connectivity index (χ4v) is 2.66. The summed E-state index contributed by atoms with van der Waals surface area (Å²) >= 11 is 1.47. The van der Waals surface area contributed by atoms with Gasteiger partial charge in [-0.15, -0.1) is 0 Å². The molecule has 0 fully saturated rings. The van der Waals surface area contributed by atoms with Crippen molar-refractivity contribution in [3.8, 4) is 0 Å². The monoisotopic (exact) mass is 290 g/mol. The van der Waals surface area contributed by atoms with Crippen LogP contribution in [-0.4, -0.2) is 25.7 Å². The number of pyridine rings is 1. The Morgan fingerprint density at radius 3 is 2.85 bits per heavy atom. The number of nitrogens with one attached hydrogen (secondary N) is 1. The number of imidazole rings is 1. The minimum absolute atomic E-state index is 0.0430. The summed E-state index contributed by atoms with van der Waals surface area (Å²) < 4.78 is 1.91. The molecule has 0 bridgehead atoms. The van der Waals surface area contributed by atoms with E-state index in [-0.39, 0.29) is 11.2 Å². The minimum atomic E-state index is -0.182. The SMILES string of the molecule is CCC(Sc1nccn1C)C(=O)Nc1cc(C)ccn1. The van der Waals surface area contributed by atoms with E-state index in [0.717, 1.165) is 17.1 Å². The van der Waals surface area contributed by atoms with Crippen molar-refractivity contribution in [1.29, 1.82) is 0 Å². The molecule has 2 aromatic heterocycles. The van der Waals surface area contributed by atoms with Crippen LogP contribution < -0.4 is 5.32 Å². The molecule has 2 aromatic rings. The zero-order chi connectivity index (χ0) is 14.5. The number of hydrogen-bond acceptors (Lipinski definition) is 4. The van der Waals surface area contributed by atoms with Gasteiger partial charge < -0.3 is 9.88 Å². The zero-order valence-corrected chi connectivity index (χ0v) is 12.6. The molecule has 1 atom stereocenters. The lowest BCUT2D eigenvalue weighted by molar-refractivity contribution is -0.115. The molecule has 0 aliphatic heterocycles. The van der Waals surface area contributed by atoms with Crippen LogP contribution in [0.4, 0.5) is 5.82 Å². The molecule has 106 valence electrons. The van der Waals surface area contributed by atoms with Gasteiger partial charge in [-0.2, -0.15) is 0 Å². The molecule has 0 aliphatic carbocycles. The molecule has 1 amide bonds. The smallest absolute Gasteiger partial charge is 0.239 e. The molecule has 6 heteroatoms. The quantitative estimate of drug-likeness (QED) is 0.860. The van der Waals surface area contributed by atoms with Gasteiger partial charge >= 0.3 is 0 Å². The number of hydrogen-bond donors (Lipinski definition) is 1. The molecule has 2 heterocycles. The van der Waals surface area contributed by atoms with Gasteiger partial charge in [0, 0.05) is 25.6 Å². The predicted molar refractivity (Wildman–Crippen MR) is 80.7 cm³/mol. The Morgan fingerprint density at radius 1 is 1.45 bits per heavy atom. The third-order valence-corrected chi connectivity index (χ3v) is 4.29. The summed E-state index contributed by atoms with van der Waals surface area (Å²) in [5.41, 5.74) is 1.07. The maximum atomic E-state index is 12.3. The fourth-order valence-electron chi connectivity index (χ4n) is 1.73. The number of aromatic nitrogens is 3. The van der Waals surface area contributed by atoms with Crippen molar-refractivity contribution < 1.29 is 4.79 Å². The van der Waals surface area contributed by atoms with Gasteiger partial charge in [0.1, 0.15) is 5.82 Å². The summed E-state index contributed by atoms with van der Waals surface area (Å²) in [4.78, 5) is 20.7. The summed E-state index contributed by atoms with van der Waals surface area (Å²) in [6.45, 7) is 3.96. The normalized spacial score (nSPS) is 12.2. The van der Waals surface area contributed by atoms with Gasteiger partial charge in [0.15, 0.2) is 5.16 Å². The molecular formula is C14H18N4OS. The highest BCUT2D eigenvalue weighted by atomic mass is 32.2. The van der Waals surface area contributed by atoms with Crippen molar-refractivity contribution in [2.75, 3.05) is 5.32 Å². The molecule has 0 saturated carbocycles. The zero-order valence-electron chi connectivity index (χ0n) is 11.8. The summed E-state index contributed by atoms with van der Waals surface area (Å²) in [5.74, 6) is 0.549. The van der Waals surface area contributed by atoms with Crippen molar-refractivity contribution in [1.82, 2.24) is 14.5 Å². The first-order valence-electron chi connectivity index (χ1n) is 6.47. The van der Waals surface area contributed by atoms with E-state index in [2.05, 4.69) is 15.3 Å². The molecule has 0 saturated heterocycles.